The van der Waals surface area contributed by atoms with Gasteiger partial charge in [0, 0.05) is 18.7 Å². The van der Waals surface area contributed by atoms with Gasteiger partial charge in [0.1, 0.15) is 10.9 Å². The van der Waals surface area contributed by atoms with E-state index < -0.39 is 16.1 Å². The molecule has 8 heteroatoms. The van der Waals surface area contributed by atoms with Crippen LogP contribution in [0, 0.1) is 0 Å². The Labute approximate surface area is 183 Å². The van der Waals surface area contributed by atoms with E-state index in [9.17, 15) is 13.2 Å². The van der Waals surface area contributed by atoms with Crippen molar-refractivity contribution in [2.75, 3.05) is 6.54 Å². The zero-order valence-corrected chi connectivity index (χ0v) is 18.6. The van der Waals surface area contributed by atoms with Crippen molar-refractivity contribution in [1.29, 1.82) is 0 Å². The first-order valence-corrected chi connectivity index (χ1v) is 12.0. The third kappa shape index (κ3) is 4.50. The van der Waals surface area contributed by atoms with Gasteiger partial charge in [0.15, 0.2) is 5.84 Å². The third-order valence-electron chi connectivity index (χ3n) is 5.58. The van der Waals surface area contributed by atoms with Gasteiger partial charge < -0.3 is 15.0 Å². The molecule has 1 amide bonds. The number of benzene rings is 2. The van der Waals surface area contributed by atoms with Crippen LogP contribution in [0.15, 0.2) is 57.8 Å². The number of carbonyl (C=O) groups excluding carboxylic acids is 1. The van der Waals surface area contributed by atoms with Crippen LogP contribution in [-0.4, -0.2) is 43.8 Å². The molecule has 0 spiro atoms. The molecule has 1 saturated heterocycles. The quantitative estimate of drug-likeness (QED) is 0.745. The first kappa shape index (κ1) is 21.5. The van der Waals surface area contributed by atoms with Crippen LogP contribution in [-0.2, 0) is 32.7 Å². The molecule has 0 aromatic heterocycles. The minimum Gasteiger partial charge on any atom is -0.374 e. The van der Waals surface area contributed by atoms with Gasteiger partial charge in [-0.2, -0.15) is 8.42 Å². The van der Waals surface area contributed by atoms with Crippen molar-refractivity contribution in [3.63, 3.8) is 0 Å². The SMILES string of the molecule is CC(C)OCc1ccccc1CNC(=O)[C@@H]1CCCN1C1=NS(=O)(=O)c2ccccc21. The second-order valence-corrected chi connectivity index (χ2v) is 9.66. The first-order valence-electron chi connectivity index (χ1n) is 10.5. The van der Waals surface area contributed by atoms with Gasteiger partial charge in [-0.15, -0.1) is 4.40 Å². The van der Waals surface area contributed by atoms with Crippen LogP contribution in [0.2, 0.25) is 0 Å². The number of amidine groups is 1. The van der Waals surface area contributed by atoms with E-state index in [0.29, 0.717) is 37.5 Å². The minimum atomic E-state index is -3.71. The number of sulfonamides is 1. The van der Waals surface area contributed by atoms with Crippen molar-refractivity contribution in [3.05, 3.63) is 65.2 Å². The van der Waals surface area contributed by atoms with Gasteiger partial charge in [-0.25, -0.2) is 0 Å². The van der Waals surface area contributed by atoms with Crippen LogP contribution in [0.5, 0.6) is 0 Å². The van der Waals surface area contributed by atoms with E-state index in [0.717, 1.165) is 17.5 Å². The molecule has 1 atom stereocenters. The topological polar surface area (TPSA) is 88.1 Å². The smallest absolute Gasteiger partial charge is 0.285 e. The molecule has 0 unspecified atom stereocenters. The normalized spacial score (nSPS) is 19.4. The predicted molar refractivity (Wildman–Crippen MR) is 118 cm³/mol. The van der Waals surface area contributed by atoms with E-state index >= 15 is 0 Å². The molecule has 4 rings (SSSR count). The van der Waals surface area contributed by atoms with Gasteiger partial charge in [-0.3, -0.25) is 4.79 Å². The molecule has 1 N–H and O–H groups in total. The lowest BCUT2D eigenvalue weighted by Gasteiger charge is -2.25. The molecule has 2 aromatic carbocycles. The number of fused-ring (bicyclic) bond motifs is 1. The number of nitrogens with one attached hydrogen (secondary N) is 1. The summed E-state index contributed by atoms with van der Waals surface area (Å²) in [5.74, 6) is 0.251. The highest BCUT2D eigenvalue weighted by molar-refractivity contribution is 7.90. The number of hydrogen-bond donors (Lipinski definition) is 1. The number of likely N-dealkylation sites (tertiary alicyclic amines) is 1. The average molecular weight is 442 g/mol. The van der Waals surface area contributed by atoms with Crippen LogP contribution in [0.1, 0.15) is 43.4 Å². The Bertz CT molecular complexity index is 1110. The van der Waals surface area contributed by atoms with Crippen molar-refractivity contribution < 1.29 is 17.9 Å². The number of nitrogens with zero attached hydrogens (tertiary/aromatic N) is 2. The van der Waals surface area contributed by atoms with Crippen LogP contribution in [0.25, 0.3) is 0 Å². The first-order chi connectivity index (χ1) is 14.9. The maximum atomic E-state index is 13.0. The highest BCUT2D eigenvalue weighted by Gasteiger charge is 2.39. The number of ether oxygens (including phenoxy) is 1. The second kappa shape index (κ2) is 8.80. The average Bonchev–Trinajstić information content (AvgIpc) is 3.34. The molecule has 0 bridgehead atoms. The van der Waals surface area contributed by atoms with Gasteiger partial charge in [-0.1, -0.05) is 36.4 Å². The Balaban J connectivity index is 1.48. The van der Waals surface area contributed by atoms with E-state index in [-0.39, 0.29) is 16.9 Å². The Morgan fingerprint density at radius 2 is 1.87 bits per heavy atom. The van der Waals surface area contributed by atoms with Crippen LogP contribution < -0.4 is 5.32 Å². The van der Waals surface area contributed by atoms with E-state index in [2.05, 4.69) is 9.71 Å². The van der Waals surface area contributed by atoms with Crippen molar-refractivity contribution in [3.8, 4) is 0 Å². The van der Waals surface area contributed by atoms with Gasteiger partial charge in [0.25, 0.3) is 10.0 Å². The highest BCUT2D eigenvalue weighted by Crippen LogP contribution is 2.31. The summed E-state index contributed by atoms with van der Waals surface area (Å²) in [5.41, 5.74) is 2.62. The minimum absolute atomic E-state index is 0.124. The van der Waals surface area contributed by atoms with E-state index in [1.807, 2.05) is 43.0 Å². The Kier molecular flexibility index (Phi) is 6.11. The van der Waals surface area contributed by atoms with E-state index in [4.69, 9.17) is 4.74 Å². The summed E-state index contributed by atoms with van der Waals surface area (Å²) in [6.45, 7) is 5.46. The van der Waals surface area contributed by atoms with Gasteiger partial charge >= 0.3 is 0 Å². The molecule has 0 saturated carbocycles. The molecule has 2 heterocycles. The molecule has 7 nitrogen and oxygen atoms in total. The van der Waals surface area contributed by atoms with Crippen molar-refractivity contribution in [2.24, 2.45) is 4.40 Å². The number of rotatable bonds is 6. The molecule has 0 aliphatic carbocycles. The Morgan fingerprint density at radius 1 is 1.16 bits per heavy atom. The van der Waals surface area contributed by atoms with Gasteiger partial charge in [0.2, 0.25) is 5.91 Å². The molecule has 2 aliphatic rings. The second-order valence-electron chi connectivity index (χ2n) is 8.08. The van der Waals surface area contributed by atoms with Gasteiger partial charge in [0.05, 0.1) is 12.7 Å². The largest absolute Gasteiger partial charge is 0.374 e. The summed E-state index contributed by atoms with van der Waals surface area (Å²) in [5, 5.41) is 3.03. The van der Waals surface area contributed by atoms with E-state index in [1.54, 1.807) is 24.3 Å². The zero-order valence-electron chi connectivity index (χ0n) is 17.7. The molecule has 2 aliphatic heterocycles. The maximum Gasteiger partial charge on any atom is 0.285 e. The summed E-state index contributed by atoms with van der Waals surface area (Å²) >= 11 is 0. The molecular formula is C23H27N3O4S. The predicted octanol–water partition coefficient (Wildman–Crippen LogP) is 2.84. The summed E-state index contributed by atoms with van der Waals surface area (Å²) in [7, 11) is -3.71. The molecule has 1 fully saturated rings. The fourth-order valence-electron chi connectivity index (χ4n) is 4.02. The Morgan fingerprint density at radius 3 is 2.65 bits per heavy atom. The molecule has 164 valence electrons. The van der Waals surface area contributed by atoms with E-state index in [1.165, 1.54) is 0 Å². The lowest BCUT2D eigenvalue weighted by atomic mass is 10.1. The van der Waals surface area contributed by atoms with Crippen molar-refractivity contribution in [2.45, 2.75) is 56.9 Å². The third-order valence-corrected chi connectivity index (χ3v) is 6.91. The molecule has 2 aromatic rings. The standard InChI is InChI=1S/C23H27N3O4S/c1-16(2)30-15-18-9-4-3-8-17(18)14-24-23(27)20-11-7-13-26(20)22-19-10-5-6-12-21(19)31(28,29)25-22/h3-6,8-10,12,16,20H,7,11,13-15H2,1-2H3,(H,24,27)/t20-/m0/s1. The molecule has 31 heavy (non-hydrogen) atoms. The fourth-order valence-corrected chi connectivity index (χ4v) is 5.23. The number of amides is 1. The molecule has 0 radical (unpaired) electrons. The van der Waals surface area contributed by atoms with Gasteiger partial charge in [-0.05, 0) is 49.9 Å². The lowest BCUT2D eigenvalue weighted by Crippen LogP contribution is -2.45. The fraction of sp³-hybridized carbons (Fsp3) is 0.391. The van der Waals surface area contributed by atoms with Crippen molar-refractivity contribution >= 4 is 21.8 Å². The summed E-state index contributed by atoms with van der Waals surface area (Å²) in [6.07, 6.45) is 1.59. The van der Waals surface area contributed by atoms with Crippen molar-refractivity contribution in [1.82, 2.24) is 10.2 Å². The molecular weight excluding hydrogens is 414 g/mol. The van der Waals surface area contributed by atoms with Crippen LogP contribution in [0.3, 0.4) is 0 Å². The zero-order chi connectivity index (χ0) is 22.0. The van der Waals surface area contributed by atoms with Crippen LogP contribution in [0.4, 0.5) is 0 Å². The number of carbonyl (C=O) groups is 1. The summed E-state index contributed by atoms with van der Waals surface area (Å²) in [4.78, 5) is 15.1. The highest BCUT2D eigenvalue weighted by atomic mass is 32.2. The Hall–Kier alpha value is -2.71. The summed E-state index contributed by atoms with van der Waals surface area (Å²) < 4.78 is 34.6. The lowest BCUT2D eigenvalue weighted by molar-refractivity contribution is -0.124. The summed E-state index contributed by atoms with van der Waals surface area (Å²) in [6, 6.07) is 14.2. The van der Waals surface area contributed by atoms with Crippen LogP contribution >= 0.6 is 0 Å². The number of hydrogen-bond acceptors (Lipinski definition) is 5. The maximum absolute atomic E-state index is 13.0. The monoisotopic (exact) mass is 441 g/mol.